The van der Waals surface area contributed by atoms with Crippen LogP contribution in [0, 0.1) is 0 Å². The smallest absolute Gasteiger partial charge is 0.344 e. The third-order valence-electron chi connectivity index (χ3n) is 3.68. The third-order valence-corrected chi connectivity index (χ3v) is 3.68. The van der Waals surface area contributed by atoms with Crippen LogP contribution < -0.4 is 10.1 Å². The van der Waals surface area contributed by atoms with Gasteiger partial charge in [0.25, 0.3) is 0 Å². The van der Waals surface area contributed by atoms with Crippen molar-refractivity contribution in [1.29, 1.82) is 0 Å². The molecule has 110 valence electrons. The molecule has 0 radical (unpaired) electrons. The molecule has 1 aliphatic rings. The number of carbonyl (C=O) groups excluding carboxylic acids is 1. The molecule has 0 saturated heterocycles. The number of hydrogen-bond donors (Lipinski definition) is 1. The Bertz CT molecular complexity index is 459. The first-order valence-corrected chi connectivity index (χ1v) is 7.33. The summed E-state index contributed by atoms with van der Waals surface area (Å²) in [5.41, 5.74) is 2.50. The third kappa shape index (κ3) is 3.51. The van der Waals surface area contributed by atoms with Gasteiger partial charge in [0.1, 0.15) is 5.75 Å². The van der Waals surface area contributed by atoms with Crippen molar-refractivity contribution >= 4 is 5.97 Å². The van der Waals surface area contributed by atoms with Crippen LogP contribution in [-0.2, 0) is 16.0 Å². The van der Waals surface area contributed by atoms with Crippen LogP contribution in [0.5, 0.6) is 5.75 Å². The van der Waals surface area contributed by atoms with Crippen LogP contribution in [0.4, 0.5) is 0 Å². The maximum atomic E-state index is 11.6. The van der Waals surface area contributed by atoms with Crippen molar-refractivity contribution in [3.05, 3.63) is 29.3 Å². The monoisotopic (exact) mass is 277 g/mol. The lowest BCUT2D eigenvalue weighted by Crippen LogP contribution is -2.16. The predicted octanol–water partition coefficient (Wildman–Crippen LogP) is 2.62. The molecule has 0 aromatic heterocycles. The first-order valence-electron chi connectivity index (χ1n) is 7.33. The molecule has 4 nitrogen and oxygen atoms in total. The SMILES string of the molecule is CCCCOC(=O)COc1cccc2c1CCC2NC. The van der Waals surface area contributed by atoms with Gasteiger partial charge in [-0.05, 0) is 43.5 Å². The highest BCUT2D eigenvalue weighted by molar-refractivity contribution is 5.71. The van der Waals surface area contributed by atoms with Gasteiger partial charge in [0.2, 0.25) is 0 Å². The van der Waals surface area contributed by atoms with E-state index in [0.29, 0.717) is 12.6 Å². The highest BCUT2D eigenvalue weighted by atomic mass is 16.6. The molecule has 20 heavy (non-hydrogen) atoms. The topological polar surface area (TPSA) is 47.6 Å². The van der Waals surface area contributed by atoms with E-state index >= 15 is 0 Å². The first kappa shape index (κ1) is 14.9. The molecular formula is C16H23NO3. The number of carbonyl (C=O) groups is 1. The standard InChI is InChI=1S/C16H23NO3/c1-3-4-10-19-16(18)11-20-15-7-5-6-12-13(15)8-9-14(12)17-2/h5-7,14,17H,3-4,8-11H2,1-2H3. The van der Waals surface area contributed by atoms with Crippen LogP contribution in [-0.4, -0.2) is 26.2 Å². The van der Waals surface area contributed by atoms with Crippen molar-refractivity contribution in [2.75, 3.05) is 20.3 Å². The van der Waals surface area contributed by atoms with Crippen LogP contribution >= 0.6 is 0 Å². The van der Waals surface area contributed by atoms with Crippen molar-refractivity contribution in [1.82, 2.24) is 5.32 Å². The molecule has 0 heterocycles. The lowest BCUT2D eigenvalue weighted by molar-refractivity contribution is -0.146. The molecule has 0 amide bonds. The van der Waals surface area contributed by atoms with Gasteiger partial charge in [-0.2, -0.15) is 0 Å². The zero-order valence-corrected chi connectivity index (χ0v) is 12.3. The number of nitrogens with one attached hydrogen (secondary N) is 1. The number of hydrogen-bond acceptors (Lipinski definition) is 4. The molecule has 0 bridgehead atoms. The van der Waals surface area contributed by atoms with Gasteiger partial charge in [-0.25, -0.2) is 4.79 Å². The number of unbranched alkanes of at least 4 members (excludes halogenated alkanes) is 1. The van der Waals surface area contributed by atoms with E-state index < -0.39 is 0 Å². The largest absolute Gasteiger partial charge is 0.482 e. The molecule has 2 rings (SSSR count). The second-order valence-corrected chi connectivity index (χ2v) is 5.07. The molecule has 4 heteroatoms. The predicted molar refractivity (Wildman–Crippen MR) is 77.9 cm³/mol. The van der Waals surface area contributed by atoms with Gasteiger partial charge in [0.05, 0.1) is 6.61 Å². The minimum absolute atomic E-state index is 0.00954. The Hall–Kier alpha value is -1.55. The van der Waals surface area contributed by atoms with Gasteiger partial charge in [-0.1, -0.05) is 25.5 Å². The molecule has 1 N–H and O–H groups in total. The summed E-state index contributed by atoms with van der Waals surface area (Å²) in [6.07, 6.45) is 3.98. The van der Waals surface area contributed by atoms with Crippen LogP contribution in [0.1, 0.15) is 43.4 Å². The Balaban J connectivity index is 1.91. The molecule has 1 aliphatic carbocycles. The van der Waals surface area contributed by atoms with Gasteiger partial charge in [0.15, 0.2) is 6.61 Å². The highest BCUT2D eigenvalue weighted by Gasteiger charge is 2.24. The Kier molecular flexibility index (Phi) is 5.41. The lowest BCUT2D eigenvalue weighted by atomic mass is 10.1. The fourth-order valence-corrected chi connectivity index (χ4v) is 2.56. The summed E-state index contributed by atoms with van der Waals surface area (Å²) in [5, 5.41) is 3.30. The summed E-state index contributed by atoms with van der Waals surface area (Å²) < 4.78 is 10.7. The lowest BCUT2D eigenvalue weighted by Gasteiger charge is -2.12. The molecule has 1 unspecified atom stereocenters. The molecule has 0 saturated carbocycles. The van der Waals surface area contributed by atoms with Crippen LogP contribution in [0.2, 0.25) is 0 Å². The number of benzene rings is 1. The summed E-state index contributed by atoms with van der Waals surface area (Å²) >= 11 is 0. The number of esters is 1. The second kappa shape index (κ2) is 7.29. The summed E-state index contributed by atoms with van der Waals surface area (Å²) in [4.78, 5) is 11.6. The van der Waals surface area contributed by atoms with Gasteiger partial charge in [-0.3, -0.25) is 0 Å². The number of fused-ring (bicyclic) bond motifs is 1. The van der Waals surface area contributed by atoms with Gasteiger partial charge < -0.3 is 14.8 Å². The van der Waals surface area contributed by atoms with Gasteiger partial charge >= 0.3 is 5.97 Å². The van der Waals surface area contributed by atoms with E-state index in [0.717, 1.165) is 31.4 Å². The maximum Gasteiger partial charge on any atom is 0.344 e. The van der Waals surface area contributed by atoms with Crippen molar-refractivity contribution in [3.63, 3.8) is 0 Å². The number of ether oxygens (including phenoxy) is 2. The van der Waals surface area contributed by atoms with E-state index in [1.807, 2.05) is 19.2 Å². The average molecular weight is 277 g/mol. The van der Waals surface area contributed by atoms with E-state index in [9.17, 15) is 4.79 Å². The van der Waals surface area contributed by atoms with E-state index in [4.69, 9.17) is 9.47 Å². The second-order valence-electron chi connectivity index (χ2n) is 5.07. The van der Waals surface area contributed by atoms with Crippen molar-refractivity contribution in [2.24, 2.45) is 0 Å². The molecule has 0 fully saturated rings. The molecule has 1 aromatic carbocycles. The fraction of sp³-hybridized carbons (Fsp3) is 0.562. The Morgan fingerprint density at radius 3 is 3.05 bits per heavy atom. The molecule has 1 atom stereocenters. The fourth-order valence-electron chi connectivity index (χ4n) is 2.56. The van der Waals surface area contributed by atoms with Crippen LogP contribution in [0.3, 0.4) is 0 Å². The Morgan fingerprint density at radius 2 is 2.30 bits per heavy atom. The Morgan fingerprint density at radius 1 is 1.45 bits per heavy atom. The normalized spacial score (nSPS) is 16.8. The quantitative estimate of drug-likeness (QED) is 0.615. The Labute approximate surface area is 120 Å². The summed E-state index contributed by atoms with van der Waals surface area (Å²) in [6.45, 7) is 2.54. The summed E-state index contributed by atoms with van der Waals surface area (Å²) in [7, 11) is 1.97. The molecule has 0 spiro atoms. The maximum absolute atomic E-state index is 11.6. The number of rotatable bonds is 7. The first-order chi connectivity index (χ1) is 9.76. The highest BCUT2D eigenvalue weighted by Crippen LogP contribution is 2.36. The van der Waals surface area contributed by atoms with Crippen molar-refractivity contribution < 1.29 is 14.3 Å². The summed E-state index contributed by atoms with van der Waals surface area (Å²) in [6, 6.07) is 6.42. The zero-order chi connectivity index (χ0) is 14.4. The van der Waals surface area contributed by atoms with E-state index in [1.165, 1.54) is 11.1 Å². The van der Waals surface area contributed by atoms with Gasteiger partial charge in [-0.15, -0.1) is 0 Å². The van der Waals surface area contributed by atoms with E-state index in [1.54, 1.807) is 0 Å². The molecule has 0 aliphatic heterocycles. The van der Waals surface area contributed by atoms with Crippen molar-refractivity contribution in [2.45, 2.75) is 38.6 Å². The van der Waals surface area contributed by atoms with Gasteiger partial charge in [0, 0.05) is 6.04 Å². The van der Waals surface area contributed by atoms with Crippen LogP contribution in [0.25, 0.3) is 0 Å². The zero-order valence-electron chi connectivity index (χ0n) is 12.3. The van der Waals surface area contributed by atoms with Crippen LogP contribution in [0.15, 0.2) is 18.2 Å². The van der Waals surface area contributed by atoms with E-state index in [2.05, 4.69) is 18.3 Å². The average Bonchev–Trinajstić information content (AvgIpc) is 2.89. The minimum atomic E-state index is -0.292. The van der Waals surface area contributed by atoms with E-state index in [-0.39, 0.29) is 12.6 Å². The molecule has 1 aromatic rings. The van der Waals surface area contributed by atoms with Crippen molar-refractivity contribution in [3.8, 4) is 5.75 Å². The summed E-state index contributed by atoms with van der Waals surface area (Å²) in [5.74, 6) is 0.520. The minimum Gasteiger partial charge on any atom is -0.482 e. The molecular weight excluding hydrogens is 254 g/mol.